The topological polar surface area (TPSA) is 47.6 Å². The van der Waals surface area contributed by atoms with Gasteiger partial charge in [-0.2, -0.15) is 0 Å². The predicted octanol–water partition coefficient (Wildman–Crippen LogP) is 1.34. The van der Waals surface area contributed by atoms with Gasteiger partial charge in [0.2, 0.25) is 5.91 Å². The molecule has 1 saturated heterocycles. The van der Waals surface area contributed by atoms with Gasteiger partial charge in [-0.25, -0.2) is 0 Å². The second-order valence-electron chi connectivity index (χ2n) is 6.83. The number of hydrogen-bond donors (Lipinski definition) is 2. The van der Waals surface area contributed by atoms with E-state index in [1.54, 1.807) is 0 Å². The molecule has 0 aliphatic carbocycles. The van der Waals surface area contributed by atoms with E-state index in [-0.39, 0.29) is 11.8 Å². The Balaban J connectivity index is 1.80. The molecule has 24 heavy (non-hydrogen) atoms. The molecule has 0 spiro atoms. The first-order chi connectivity index (χ1) is 11.6. The average Bonchev–Trinajstić information content (AvgIpc) is 2.60. The van der Waals surface area contributed by atoms with Crippen LogP contribution in [0.1, 0.15) is 24.9 Å². The van der Waals surface area contributed by atoms with Crippen molar-refractivity contribution in [2.45, 2.75) is 19.4 Å². The summed E-state index contributed by atoms with van der Waals surface area (Å²) in [5.41, 5.74) is 1.38. The summed E-state index contributed by atoms with van der Waals surface area (Å²) >= 11 is 0. The largest absolute Gasteiger partial charge is 0.356 e. The summed E-state index contributed by atoms with van der Waals surface area (Å²) in [4.78, 5) is 16.9. The van der Waals surface area contributed by atoms with Crippen molar-refractivity contribution in [3.8, 4) is 0 Å². The monoisotopic (exact) mass is 332 g/mol. The lowest BCUT2D eigenvalue weighted by atomic mass is 10.0. The quantitative estimate of drug-likeness (QED) is 0.705. The molecule has 2 N–H and O–H groups in total. The maximum absolute atomic E-state index is 11.9. The van der Waals surface area contributed by atoms with Crippen molar-refractivity contribution in [1.29, 1.82) is 0 Å². The molecule has 1 aromatic carbocycles. The summed E-state index contributed by atoms with van der Waals surface area (Å²) in [6, 6.07) is 11.2. The Morgan fingerprint density at radius 1 is 1.29 bits per heavy atom. The minimum absolute atomic E-state index is 0.0238. The Labute approximate surface area is 146 Å². The highest BCUT2D eigenvalue weighted by molar-refractivity contribution is 5.78. The average molecular weight is 332 g/mol. The van der Waals surface area contributed by atoms with Crippen LogP contribution < -0.4 is 10.6 Å². The Morgan fingerprint density at radius 3 is 2.75 bits per heavy atom. The lowest BCUT2D eigenvalue weighted by Gasteiger charge is -2.40. The Hall–Kier alpha value is -1.43. The van der Waals surface area contributed by atoms with E-state index in [9.17, 15) is 4.79 Å². The van der Waals surface area contributed by atoms with E-state index in [4.69, 9.17) is 0 Å². The number of piperazine rings is 1. The highest BCUT2D eigenvalue weighted by atomic mass is 16.1. The SMILES string of the molecule is CNCC(C)C(=O)NCCCN1CCN(C)CC1c1ccccc1. The van der Waals surface area contributed by atoms with Gasteiger partial charge in [0.25, 0.3) is 0 Å². The van der Waals surface area contributed by atoms with Gasteiger partial charge in [0.05, 0.1) is 0 Å². The van der Waals surface area contributed by atoms with Gasteiger partial charge in [0.15, 0.2) is 0 Å². The van der Waals surface area contributed by atoms with Gasteiger partial charge in [0, 0.05) is 51.2 Å². The fourth-order valence-corrected chi connectivity index (χ4v) is 3.28. The predicted molar refractivity (Wildman–Crippen MR) is 99.0 cm³/mol. The third-order valence-electron chi connectivity index (χ3n) is 4.76. The van der Waals surface area contributed by atoms with Crippen LogP contribution in [0.2, 0.25) is 0 Å². The number of benzene rings is 1. The molecular formula is C19H32N4O. The summed E-state index contributed by atoms with van der Waals surface area (Å²) in [6.07, 6.45) is 0.991. The molecule has 1 heterocycles. The molecule has 1 aromatic rings. The fourth-order valence-electron chi connectivity index (χ4n) is 3.28. The third-order valence-corrected chi connectivity index (χ3v) is 4.76. The minimum Gasteiger partial charge on any atom is -0.356 e. The van der Waals surface area contributed by atoms with Gasteiger partial charge in [-0.1, -0.05) is 37.3 Å². The molecule has 2 rings (SSSR count). The standard InChI is InChI=1S/C19H32N4O/c1-16(14-20-2)19(24)21-10-7-11-23-13-12-22(3)15-18(23)17-8-5-4-6-9-17/h4-6,8-9,16,18,20H,7,10-15H2,1-3H3,(H,21,24). The van der Waals surface area contributed by atoms with Crippen LogP contribution in [0.15, 0.2) is 30.3 Å². The summed E-state index contributed by atoms with van der Waals surface area (Å²) in [7, 11) is 4.07. The molecule has 1 aliphatic heterocycles. The van der Waals surface area contributed by atoms with Crippen LogP contribution in [-0.4, -0.2) is 69.1 Å². The third kappa shape index (κ3) is 5.58. The van der Waals surface area contributed by atoms with Gasteiger partial charge < -0.3 is 15.5 Å². The molecule has 0 aromatic heterocycles. The molecule has 1 amide bonds. The molecule has 0 saturated carbocycles. The zero-order chi connectivity index (χ0) is 17.4. The first kappa shape index (κ1) is 18.9. The number of carbonyl (C=O) groups is 1. The van der Waals surface area contributed by atoms with Crippen LogP contribution in [-0.2, 0) is 4.79 Å². The molecular weight excluding hydrogens is 300 g/mol. The van der Waals surface area contributed by atoms with Crippen molar-refractivity contribution >= 4 is 5.91 Å². The summed E-state index contributed by atoms with van der Waals surface area (Å²) < 4.78 is 0. The second kappa shape index (κ2) is 9.77. The fraction of sp³-hybridized carbons (Fsp3) is 0.632. The van der Waals surface area contributed by atoms with Crippen molar-refractivity contribution < 1.29 is 4.79 Å². The van der Waals surface area contributed by atoms with Crippen molar-refractivity contribution in [3.63, 3.8) is 0 Å². The summed E-state index contributed by atoms with van der Waals surface area (Å²) in [5.74, 6) is 0.165. The zero-order valence-corrected chi connectivity index (χ0v) is 15.3. The second-order valence-corrected chi connectivity index (χ2v) is 6.83. The maximum atomic E-state index is 11.9. The lowest BCUT2D eigenvalue weighted by Crippen LogP contribution is -2.47. The van der Waals surface area contributed by atoms with E-state index < -0.39 is 0 Å². The first-order valence-corrected chi connectivity index (χ1v) is 9.01. The minimum atomic E-state index is 0.0238. The van der Waals surface area contributed by atoms with Crippen molar-refractivity contribution in [2.24, 2.45) is 5.92 Å². The van der Waals surface area contributed by atoms with Crippen molar-refractivity contribution in [3.05, 3.63) is 35.9 Å². The van der Waals surface area contributed by atoms with E-state index in [0.29, 0.717) is 6.04 Å². The molecule has 134 valence electrons. The molecule has 5 nitrogen and oxygen atoms in total. The molecule has 1 aliphatic rings. The Kier molecular flexibility index (Phi) is 7.69. The molecule has 5 heteroatoms. The first-order valence-electron chi connectivity index (χ1n) is 9.01. The molecule has 0 bridgehead atoms. The zero-order valence-electron chi connectivity index (χ0n) is 15.3. The number of likely N-dealkylation sites (N-methyl/N-ethyl adjacent to an activating group) is 1. The summed E-state index contributed by atoms with van der Waals surface area (Å²) in [6.45, 7) is 7.71. The maximum Gasteiger partial charge on any atom is 0.224 e. The Bertz CT molecular complexity index is 493. The van der Waals surface area contributed by atoms with E-state index in [1.165, 1.54) is 5.56 Å². The van der Waals surface area contributed by atoms with Gasteiger partial charge >= 0.3 is 0 Å². The normalized spacial score (nSPS) is 20.7. The number of nitrogens with zero attached hydrogens (tertiary/aromatic N) is 2. The van der Waals surface area contributed by atoms with Gasteiger partial charge in [-0.05, 0) is 26.1 Å². The van der Waals surface area contributed by atoms with E-state index >= 15 is 0 Å². The van der Waals surface area contributed by atoms with E-state index in [2.05, 4.69) is 57.8 Å². The smallest absolute Gasteiger partial charge is 0.224 e. The van der Waals surface area contributed by atoms with Crippen LogP contribution in [0.3, 0.4) is 0 Å². The molecule has 0 radical (unpaired) electrons. The van der Waals surface area contributed by atoms with Crippen LogP contribution in [0.25, 0.3) is 0 Å². The highest BCUT2D eigenvalue weighted by Gasteiger charge is 2.25. The van der Waals surface area contributed by atoms with Crippen LogP contribution in [0.4, 0.5) is 0 Å². The van der Waals surface area contributed by atoms with Gasteiger partial charge in [-0.15, -0.1) is 0 Å². The lowest BCUT2D eigenvalue weighted by molar-refractivity contribution is -0.124. The number of rotatable bonds is 8. The van der Waals surface area contributed by atoms with Crippen LogP contribution in [0, 0.1) is 5.92 Å². The number of amides is 1. The highest BCUT2D eigenvalue weighted by Crippen LogP contribution is 2.24. The van der Waals surface area contributed by atoms with Crippen LogP contribution in [0.5, 0.6) is 0 Å². The van der Waals surface area contributed by atoms with Crippen molar-refractivity contribution in [2.75, 3.05) is 53.4 Å². The Morgan fingerprint density at radius 2 is 2.04 bits per heavy atom. The van der Waals surface area contributed by atoms with E-state index in [0.717, 1.165) is 45.7 Å². The molecule has 2 unspecified atom stereocenters. The van der Waals surface area contributed by atoms with Crippen LogP contribution >= 0.6 is 0 Å². The van der Waals surface area contributed by atoms with Gasteiger partial charge in [0.1, 0.15) is 0 Å². The number of nitrogens with one attached hydrogen (secondary N) is 2. The van der Waals surface area contributed by atoms with Gasteiger partial charge in [-0.3, -0.25) is 9.69 Å². The molecule has 1 fully saturated rings. The van der Waals surface area contributed by atoms with Crippen molar-refractivity contribution in [1.82, 2.24) is 20.4 Å². The van der Waals surface area contributed by atoms with E-state index in [1.807, 2.05) is 14.0 Å². The number of carbonyl (C=O) groups excluding carboxylic acids is 1. The number of hydrogen-bond acceptors (Lipinski definition) is 4. The summed E-state index contributed by atoms with van der Waals surface area (Å²) in [5, 5.41) is 6.10. The molecule has 2 atom stereocenters.